The highest BCUT2D eigenvalue weighted by atomic mass is 32.2. The van der Waals surface area contributed by atoms with E-state index in [0.29, 0.717) is 12.1 Å². The summed E-state index contributed by atoms with van der Waals surface area (Å²) in [5.41, 5.74) is 3.84. The molecule has 0 saturated heterocycles. The predicted molar refractivity (Wildman–Crippen MR) is 112 cm³/mol. The molecule has 1 heterocycles. The van der Waals surface area contributed by atoms with Crippen molar-refractivity contribution in [2.75, 3.05) is 11.4 Å². The Hall–Kier alpha value is -2.18. The van der Waals surface area contributed by atoms with Crippen molar-refractivity contribution in [3.05, 3.63) is 58.7 Å². The highest BCUT2D eigenvalue weighted by Gasteiger charge is 2.27. The molecule has 1 N–H and O–H groups in total. The number of amides is 1. The Kier molecular flexibility index (Phi) is 5.38. The van der Waals surface area contributed by atoms with E-state index in [1.807, 2.05) is 26.0 Å². The summed E-state index contributed by atoms with van der Waals surface area (Å²) in [6, 6.07) is 10.9. The summed E-state index contributed by atoms with van der Waals surface area (Å²) in [4.78, 5) is 15.2. The van der Waals surface area contributed by atoms with Crippen LogP contribution in [0.3, 0.4) is 0 Å². The van der Waals surface area contributed by atoms with E-state index in [2.05, 4.69) is 10.8 Å². The fourth-order valence-corrected chi connectivity index (χ4v) is 4.99. The van der Waals surface area contributed by atoms with Crippen LogP contribution < -0.4 is 9.62 Å². The molecular weight excluding hydrogens is 372 g/mol. The summed E-state index contributed by atoms with van der Waals surface area (Å²) in [5.74, 6) is -0.157. The Labute approximate surface area is 167 Å². The smallest absolute Gasteiger partial charge is 0.258 e. The molecule has 1 aliphatic heterocycles. The van der Waals surface area contributed by atoms with Gasteiger partial charge in [0.05, 0.1) is 4.90 Å². The van der Waals surface area contributed by atoms with Gasteiger partial charge in [0, 0.05) is 23.3 Å². The van der Waals surface area contributed by atoms with Gasteiger partial charge >= 0.3 is 0 Å². The van der Waals surface area contributed by atoms with Crippen molar-refractivity contribution in [1.82, 2.24) is 4.72 Å². The minimum Gasteiger partial charge on any atom is -0.308 e. The topological polar surface area (TPSA) is 66.5 Å². The quantitative estimate of drug-likeness (QED) is 0.848. The molecule has 3 rings (SSSR count). The minimum atomic E-state index is -3.71. The highest BCUT2D eigenvalue weighted by molar-refractivity contribution is 7.89. The van der Waals surface area contributed by atoms with Gasteiger partial charge in [-0.2, -0.15) is 0 Å². The number of rotatable bonds is 3. The molecule has 5 nitrogen and oxygen atoms in total. The summed E-state index contributed by atoms with van der Waals surface area (Å²) >= 11 is 0. The van der Waals surface area contributed by atoms with Crippen LogP contribution in [0.4, 0.5) is 5.69 Å². The number of sulfonamides is 1. The molecule has 0 unspecified atom stereocenters. The highest BCUT2D eigenvalue weighted by Crippen LogP contribution is 2.30. The molecule has 28 heavy (non-hydrogen) atoms. The molecular formula is C22H28N2O3S. The van der Waals surface area contributed by atoms with Crippen molar-refractivity contribution in [2.45, 2.75) is 57.9 Å². The number of hydrogen-bond acceptors (Lipinski definition) is 3. The van der Waals surface area contributed by atoms with E-state index in [9.17, 15) is 13.2 Å². The Bertz CT molecular complexity index is 1020. The van der Waals surface area contributed by atoms with Gasteiger partial charge < -0.3 is 4.90 Å². The van der Waals surface area contributed by atoms with Gasteiger partial charge in [0.2, 0.25) is 10.0 Å². The standard InChI is InChI=1S/C22H28N2O3S/c1-15-8-11-20-17(13-15)7-6-12-24(20)21(25)19-14-18(10-9-16(19)2)28(26,27)23-22(3,4)5/h8-11,13-14,23H,6-7,12H2,1-5H3. The summed E-state index contributed by atoms with van der Waals surface area (Å²) in [7, 11) is -3.71. The van der Waals surface area contributed by atoms with Crippen LogP contribution in [0.15, 0.2) is 41.3 Å². The van der Waals surface area contributed by atoms with Gasteiger partial charge in [-0.1, -0.05) is 23.8 Å². The zero-order valence-corrected chi connectivity index (χ0v) is 18.0. The van der Waals surface area contributed by atoms with E-state index in [0.717, 1.165) is 29.7 Å². The van der Waals surface area contributed by atoms with Crippen LogP contribution in [0.25, 0.3) is 0 Å². The molecule has 0 atom stereocenters. The van der Waals surface area contributed by atoms with Crippen molar-refractivity contribution in [3.8, 4) is 0 Å². The summed E-state index contributed by atoms with van der Waals surface area (Å²) in [6.45, 7) is 9.88. The van der Waals surface area contributed by atoms with Crippen molar-refractivity contribution in [1.29, 1.82) is 0 Å². The number of nitrogens with one attached hydrogen (secondary N) is 1. The molecule has 1 amide bonds. The largest absolute Gasteiger partial charge is 0.308 e. The normalized spacial score (nSPS) is 14.7. The number of benzene rings is 2. The number of anilines is 1. The van der Waals surface area contributed by atoms with Gasteiger partial charge in [0.25, 0.3) is 5.91 Å². The monoisotopic (exact) mass is 400 g/mol. The second-order valence-electron chi connectivity index (χ2n) is 8.52. The fraction of sp³-hybridized carbons (Fsp3) is 0.409. The molecule has 150 valence electrons. The van der Waals surface area contributed by atoms with Gasteiger partial charge in [0.1, 0.15) is 0 Å². The van der Waals surface area contributed by atoms with Gasteiger partial charge in [-0.3, -0.25) is 4.79 Å². The lowest BCUT2D eigenvalue weighted by molar-refractivity contribution is 0.0984. The van der Waals surface area contributed by atoms with Crippen LogP contribution in [0.1, 0.15) is 54.2 Å². The lowest BCUT2D eigenvalue weighted by Gasteiger charge is -2.30. The van der Waals surface area contributed by atoms with Crippen LogP contribution in [0.2, 0.25) is 0 Å². The first-order valence-corrected chi connectivity index (χ1v) is 11.0. The second kappa shape index (κ2) is 7.33. The summed E-state index contributed by atoms with van der Waals surface area (Å²) in [5, 5.41) is 0. The molecule has 0 saturated carbocycles. The van der Waals surface area contributed by atoms with Crippen molar-refractivity contribution < 1.29 is 13.2 Å². The van der Waals surface area contributed by atoms with Gasteiger partial charge in [0.15, 0.2) is 0 Å². The van der Waals surface area contributed by atoms with Crippen LogP contribution in [-0.4, -0.2) is 26.4 Å². The minimum absolute atomic E-state index is 0.109. The Morgan fingerprint density at radius 2 is 1.79 bits per heavy atom. The average Bonchev–Trinajstić information content (AvgIpc) is 2.58. The van der Waals surface area contributed by atoms with E-state index in [1.54, 1.807) is 37.8 Å². The van der Waals surface area contributed by atoms with Crippen molar-refractivity contribution >= 4 is 21.6 Å². The number of fused-ring (bicyclic) bond motifs is 1. The summed E-state index contributed by atoms with van der Waals surface area (Å²) in [6.07, 6.45) is 1.84. The van der Waals surface area contributed by atoms with Gasteiger partial charge in [-0.05, 0) is 76.8 Å². The zero-order chi connectivity index (χ0) is 20.7. The maximum atomic E-state index is 13.3. The fourth-order valence-electron chi connectivity index (χ4n) is 3.54. The third kappa shape index (κ3) is 4.28. The predicted octanol–water partition coefficient (Wildman–Crippen LogP) is 3.97. The number of nitrogens with zero attached hydrogens (tertiary/aromatic N) is 1. The molecule has 1 aliphatic rings. The number of aryl methyl sites for hydroxylation is 3. The number of hydrogen-bond donors (Lipinski definition) is 1. The van der Waals surface area contributed by atoms with E-state index in [-0.39, 0.29) is 10.8 Å². The first-order chi connectivity index (χ1) is 13.0. The Morgan fingerprint density at radius 1 is 1.07 bits per heavy atom. The van der Waals surface area contributed by atoms with E-state index in [1.165, 1.54) is 11.6 Å². The van der Waals surface area contributed by atoms with Gasteiger partial charge in [-0.25, -0.2) is 13.1 Å². The molecule has 0 radical (unpaired) electrons. The molecule has 2 aromatic carbocycles. The average molecular weight is 401 g/mol. The lowest BCUT2D eigenvalue weighted by atomic mass is 9.98. The molecule has 0 fully saturated rings. The maximum Gasteiger partial charge on any atom is 0.258 e. The van der Waals surface area contributed by atoms with E-state index < -0.39 is 15.6 Å². The number of carbonyl (C=O) groups excluding carboxylic acids is 1. The first-order valence-electron chi connectivity index (χ1n) is 9.54. The first kappa shape index (κ1) is 20.6. The van der Waals surface area contributed by atoms with Crippen molar-refractivity contribution in [2.24, 2.45) is 0 Å². The van der Waals surface area contributed by atoms with Gasteiger partial charge in [-0.15, -0.1) is 0 Å². The van der Waals surface area contributed by atoms with Crippen LogP contribution in [0.5, 0.6) is 0 Å². The molecule has 0 bridgehead atoms. The molecule has 6 heteroatoms. The molecule has 0 aromatic heterocycles. The third-order valence-electron chi connectivity index (χ3n) is 4.79. The Balaban J connectivity index is 2.00. The number of carbonyl (C=O) groups is 1. The lowest BCUT2D eigenvalue weighted by Crippen LogP contribution is -2.40. The van der Waals surface area contributed by atoms with Crippen LogP contribution >= 0.6 is 0 Å². The third-order valence-corrected chi connectivity index (χ3v) is 6.54. The molecule has 2 aromatic rings. The molecule has 0 spiro atoms. The zero-order valence-electron chi connectivity index (χ0n) is 17.2. The van der Waals surface area contributed by atoms with Crippen LogP contribution in [0, 0.1) is 13.8 Å². The second-order valence-corrected chi connectivity index (χ2v) is 10.2. The molecule has 0 aliphatic carbocycles. The Morgan fingerprint density at radius 3 is 2.46 bits per heavy atom. The van der Waals surface area contributed by atoms with Crippen molar-refractivity contribution in [3.63, 3.8) is 0 Å². The van der Waals surface area contributed by atoms with Crippen LogP contribution in [-0.2, 0) is 16.4 Å². The SMILES string of the molecule is Cc1ccc2c(c1)CCCN2C(=O)c1cc(S(=O)(=O)NC(C)(C)C)ccc1C. The van der Waals surface area contributed by atoms with E-state index >= 15 is 0 Å². The summed E-state index contributed by atoms with van der Waals surface area (Å²) < 4.78 is 28.1. The van der Waals surface area contributed by atoms with E-state index in [4.69, 9.17) is 0 Å². The maximum absolute atomic E-state index is 13.3.